The number of halogens is 1. The summed E-state index contributed by atoms with van der Waals surface area (Å²) in [6.45, 7) is 2.39. The number of aromatic nitrogens is 2. The molecule has 0 aliphatic carbocycles. The quantitative estimate of drug-likeness (QED) is 0.764. The van der Waals surface area contributed by atoms with Crippen LogP contribution in [0.1, 0.15) is 11.4 Å². The van der Waals surface area contributed by atoms with Crippen molar-refractivity contribution in [3.63, 3.8) is 0 Å². The summed E-state index contributed by atoms with van der Waals surface area (Å²) in [6, 6.07) is 8.01. The first-order chi connectivity index (χ1) is 9.15. The summed E-state index contributed by atoms with van der Waals surface area (Å²) in [6.07, 6.45) is 2.46. The van der Waals surface area contributed by atoms with Crippen molar-refractivity contribution >= 4 is 22.6 Å². The molecule has 1 aliphatic rings. The van der Waals surface area contributed by atoms with E-state index in [4.69, 9.17) is 4.74 Å². The predicted octanol–water partition coefficient (Wildman–Crippen LogP) is 2.16. The molecule has 1 unspecified atom stereocenters. The van der Waals surface area contributed by atoms with Gasteiger partial charge in [-0.2, -0.15) is 0 Å². The summed E-state index contributed by atoms with van der Waals surface area (Å²) in [7, 11) is 0. The van der Waals surface area contributed by atoms with E-state index >= 15 is 0 Å². The lowest BCUT2D eigenvalue weighted by atomic mass is 10.1. The van der Waals surface area contributed by atoms with Gasteiger partial charge in [-0.25, -0.2) is 4.98 Å². The van der Waals surface area contributed by atoms with Crippen molar-refractivity contribution in [1.29, 1.82) is 0 Å². The molecule has 1 aliphatic heterocycles. The van der Waals surface area contributed by atoms with Crippen LogP contribution < -0.4 is 10.3 Å². The van der Waals surface area contributed by atoms with Crippen LogP contribution in [0.25, 0.3) is 0 Å². The molecule has 0 saturated heterocycles. The molecule has 4 nitrogen and oxygen atoms in total. The van der Waals surface area contributed by atoms with Crippen molar-refractivity contribution in [2.45, 2.75) is 26.0 Å². The van der Waals surface area contributed by atoms with Crippen LogP contribution in [-0.2, 0) is 13.0 Å². The van der Waals surface area contributed by atoms with Crippen LogP contribution >= 0.6 is 22.6 Å². The molecule has 1 aromatic carbocycles. The number of para-hydroxylation sites is 1. The molecule has 0 N–H and O–H groups in total. The number of rotatable bonds is 2. The van der Waals surface area contributed by atoms with Crippen LogP contribution in [0.15, 0.2) is 35.3 Å². The van der Waals surface area contributed by atoms with E-state index in [9.17, 15) is 4.79 Å². The lowest BCUT2D eigenvalue weighted by molar-refractivity contribution is 0.205. The Hall–Kier alpha value is -1.37. The number of fused-ring (bicyclic) bond motifs is 1. The molecule has 2 heterocycles. The van der Waals surface area contributed by atoms with Crippen LogP contribution in [-0.4, -0.2) is 15.7 Å². The number of aryl methyl sites for hydroxylation is 1. The van der Waals surface area contributed by atoms with Crippen molar-refractivity contribution in [1.82, 2.24) is 9.55 Å². The van der Waals surface area contributed by atoms with Crippen molar-refractivity contribution in [3.8, 4) is 5.75 Å². The number of hydrogen-bond acceptors (Lipinski definition) is 3. The average molecular weight is 368 g/mol. The molecule has 0 amide bonds. The van der Waals surface area contributed by atoms with Crippen LogP contribution in [0.3, 0.4) is 0 Å². The van der Waals surface area contributed by atoms with Gasteiger partial charge in [0, 0.05) is 12.6 Å². The van der Waals surface area contributed by atoms with Gasteiger partial charge in [0.2, 0.25) is 0 Å². The minimum Gasteiger partial charge on any atom is -0.488 e. The first-order valence-electron chi connectivity index (χ1n) is 6.11. The lowest BCUT2D eigenvalue weighted by Gasteiger charge is -2.14. The Morgan fingerprint density at radius 1 is 1.47 bits per heavy atom. The molecule has 2 aromatic rings. The molecule has 0 bridgehead atoms. The standard InChI is InChI=1S/C14H13IN2O2/c1-9-16-7-12(15)14(18)17(9)8-11-6-10-4-2-3-5-13(10)19-11/h2-5,7,11H,6,8H2,1H3. The molecule has 1 aromatic heterocycles. The van der Waals surface area contributed by atoms with Crippen molar-refractivity contribution in [3.05, 3.63) is 55.8 Å². The van der Waals surface area contributed by atoms with Gasteiger partial charge in [0.1, 0.15) is 17.7 Å². The van der Waals surface area contributed by atoms with E-state index < -0.39 is 0 Å². The SMILES string of the molecule is Cc1ncc(I)c(=O)n1CC1Cc2ccccc2O1. The first-order valence-corrected chi connectivity index (χ1v) is 7.19. The molecule has 0 saturated carbocycles. The van der Waals surface area contributed by atoms with Gasteiger partial charge in [-0.3, -0.25) is 9.36 Å². The van der Waals surface area contributed by atoms with Crippen LogP contribution in [0, 0.1) is 10.5 Å². The smallest absolute Gasteiger partial charge is 0.267 e. The number of hydrogen-bond donors (Lipinski definition) is 0. The van der Waals surface area contributed by atoms with E-state index in [1.807, 2.05) is 47.7 Å². The number of ether oxygens (including phenoxy) is 1. The van der Waals surface area contributed by atoms with Crippen molar-refractivity contribution in [2.75, 3.05) is 0 Å². The van der Waals surface area contributed by atoms with E-state index in [-0.39, 0.29) is 11.7 Å². The minimum atomic E-state index is 0.00709. The Balaban J connectivity index is 1.86. The van der Waals surface area contributed by atoms with Gasteiger partial charge in [0.25, 0.3) is 5.56 Å². The zero-order valence-corrected chi connectivity index (χ0v) is 12.6. The fraction of sp³-hybridized carbons (Fsp3) is 0.286. The van der Waals surface area contributed by atoms with E-state index in [1.165, 1.54) is 5.56 Å². The van der Waals surface area contributed by atoms with Crippen LogP contribution in [0.5, 0.6) is 5.75 Å². The Morgan fingerprint density at radius 2 is 2.26 bits per heavy atom. The molecule has 1 atom stereocenters. The Labute approximate surface area is 124 Å². The zero-order valence-electron chi connectivity index (χ0n) is 10.5. The molecule has 5 heteroatoms. The topological polar surface area (TPSA) is 44.1 Å². The fourth-order valence-electron chi connectivity index (χ4n) is 2.33. The number of nitrogens with zero attached hydrogens (tertiary/aromatic N) is 2. The summed E-state index contributed by atoms with van der Waals surface area (Å²) in [5.41, 5.74) is 1.21. The van der Waals surface area contributed by atoms with Crippen LogP contribution in [0.2, 0.25) is 0 Å². The number of benzene rings is 1. The fourth-order valence-corrected chi connectivity index (χ4v) is 2.76. The van der Waals surface area contributed by atoms with Gasteiger partial charge in [-0.05, 0) is 41.1 Å². The predicted molar refractivity (Wildman–Crippen MR) is 80.5 cm³/mol. The van der Waals surface area contributed by atoms with Gasteiger partial charge in [-0.1, -0.05) is 18.2 Å². The summed E-state index contributed by atoms with van der Waals surface area (Å²) < 4.78 is 8.20. The first kappa shape index (κ1) is 12.7. The second-order valence-corrected chi connectivity index (χ2v) is 5.78. The van der Waals surface area contributed by atoms with Crippen molar-refractivity contribution < 1.29 is 4.74 Å². The second-order valence-electron chi connectivity index (χ2n) is 4.62. The Kier molecular flexibility index (Phi) is 3.30. The summed E-state index contributed by atoms with van der Waals surface area (Å²) in [4.78, 5) is 16.3. The average Bonchev–Trinajstić information content (AvgIpc) is 2.81. The molecule has 0 radical (unpaired) electrons. The third-order valence-corrected chi connectivity index (χ3v) is 4.04. The van der Waals surface area contributed by atoms with E-state index in [2.05, 4.69) is 11.1 Å². The molecule has 98 valence electrons. The molecule has 19 heavy (non-hydrogen) atoms. The highest BCUT2D eigenvalue weighted by Gasteiger charge is 2.23. The Bertz CT molecular complexity index is 656. The third-order valence-electron chi connectivity index (χ3n) is 3.30. The Morgan fingerprint density at radius 3 is 3.05 bits per heavy atom. The second kappa shape index (κ2) is 4.96. The molecular formula is C14H13IN2O2. The highest BCUT2D eigenvalue weighted by Crippen LogP contribution is 2.28. The molecular weight excluding hydrogens is 355 g/mol. The normalized spacial score (nSPS) is 17.1. The zero-order chi connectivity index (χ0) is 13.4. The lowest BCUT2D eigenvalue weighted by Crippen LogP contribution is -2.32. The molecule has 0 spiro atoms. The van der Waals surface area contributed by atoms with Gasteiger partial charge in [0.05, 0.1) is 10.1 Å². The maximum absolute atomic E-state index is 12.1. The monoisotopic (exact) mass is 368 g/mol. The van der Waals surface area contributed by atoms with Gasteiger partial charge in [-0.15, -0.1) is 0 Å². The van der Waals surface area contributed by atoms with Crippen molar-refractivity contribution in [2.24, 2.45) is 0 Å². The summed E-state index contributed by atoms with van der Waals surface area (Å²) in [5.74, 6) is 1.65. The minimum absolute atomic E-state index is 0.00709. The van der Waals surface area contributed by atoms with E-state index in [0.717, 1.165) is 18.0 Å². The maximum Gasteiger partial charge on any atom is 0.267 e. The summed E-state index contributed by atoms with van der Waals surface area (Å²) in [5, 5.41) is 0. The molecule has 0 fully saturated rings. The highest BCUT2D eigenvalue weighted by molar-refractivity contribution is 14.1. The van der Waals surface area contributed by atoms with Gasteiger partial charge < -0.3 is 4.74 Å². The van der Waals surface area contributed by atoms with Gasteiger partial charge in [0.15, 0.2) is 0 Å². The molecule has 3 rings (SSSR count). The highest BCUT2D eigenvalue weighted by atomic mass is 127. The summed E-state index contributed by atoms with van der Waals surface area (Å²) >= 11 is 2.02. The van der Waals surface area contributed by atoms with Gasteiger partial charge >= 0.3 is 0 Å². The van der Waals surface area contributed by atoms with Crippen LogP contribution in [0.4, 0.5) is 0 Å². The third kappa shape index (κ3) is 2.39. The van der Waals surface area contributed by atoms with E-state index in [0.29, 0.717) is 10.1 Å². The largest absolute Gasteiger partial charge is 0.488 e. The van der Waals surface area contributed by atoms with E-state index in [1.54, 1.807) is 10.8 Å². The maximum atomic E-state index is 12.1.